The van der Waals surface area contributed by atoms with Crippen LogP contribution in [0.1, 0.15) is 13.8 Å². The van der Waals surface area contributed by atoms with Gasteiger partial charge in [0, 0.05) is 11.1 Å². The van der Waals surface area contributed by atoms with E-state index < -0.39 is 0 Å². The highest BCUT2D eigenvalue weighted by atomic mass is 16.5. The fraction of sp³-hybridized carbons (Fsp3) is 0.167. The van der Waals surface area contributed by atoms with Crippen LogP contribution in [0.5, 0.6) is 11.5 Å². The van der Waals surface area contributed by atoms with E-state index in [9.17, 15) is 0 Å². The van der Waals surface area contributed by atoms with E-state index in [2.05, 4.69) is 0 Å². The van der Waals surface area contributed by atoms with Gasteiger partial charge in [-0.3, -0.25) is 0 Å². The minimum Gasteiger partial charge on any atom is -0.490 e. The van der Waals surface area contributed by atoms with E-state index in [1.807, 2.05) is 98.8 Å². The van der Waals surface area contributed by atoms with Gasteiger partial charge in [0.2, 0.25) is 0 Å². The minimum atomic E-state index is 0.579. The van der Waals surface area contributed by atoms with Crippen molar-refractivity contribution in [3.63, 3.8) is 0 Å². The quantitative estimate of drug-likeness (QED) is 0.428. The zero-order chi connectivity index (χ0) is 18.9. The predicted molar refractivity (Wildman–Crippen MR) is 110 cm³/mol. The predicted octanol–water partition coefficient (Wildman–Crippen LogP) is 6.52. The highest BCUT2D eigenvalue weighted by molar-refractivity contribution is 5.65. The van der Waals surface area contributed by atoms with E-state index in [1.54, 1.807) is 0 Å². The van der Waals surface area contributed by atoms with Crippen LogP contribution in [0.4, 0.5) is 0 Å². The number of benzene rings is 2. The Morgan fingerprint density at radius 2 is 1.04 bits per heavy atom. The standard InChI is InChI=1S/C24H24O3/c1-3-5-17-25-21-11-7-19(8-12-21)23-15-16-24(27-23)20-9-13-22(14-10-20)26-18-6-4-2/h3-16H,17-18H2,1-2H3. The molecular weight excluding hydrogens is 336 g/mol. The summed E-state index contributed by atoms with van der Waals surface area (Å²) in [6.45, 7) is 5.11. The Labute approximate surface area is 160 Å². The molecule has 3 aromatic rings. The van der Waals surface area contributed by atoms with Crippen LogP contribution in [-0.2, 0) is 0 Å². The summed E-state index contributed by atoms with van der Waals surface area (Å²) in [4.78, 5) is 0. The molecule has 0 N–H and O–H groups in total. The molecule has 0 bridgehead atoms. The first-order chi connectivity index (χ1) is 13.3. The zero-order valence-corrected chi connectivity index (χ0v) is 15.7. The maximum absolute atomic E-state index is 6.03. The molecule has 0 aliphatic rings. The van der Waals surface area contributed by atoms with E-state index in [0.717, 1.165) is 34.1 Å². The van der Waals surface area contributed by atoms with Gasteiger partial charge in [0.1, 0.15) is 36.2 Å². The van der Waals surface area contributed by atoms with Gasteiger partial charge in [-0.15, -0.1) is 0 Å². The molecule has 27 heavy (non-hydrogen) atoms. The molecule has 1 heterocycles. The van der Waals surface area contributed by atoms with Gasteiger partial charge < -0.3 is 13.9 Å². The van der Waals surface area contributed by atoms with Crippen molar-refractivity contribution in [2.24, 2.45) is 0 Å². The van der Waals surface area contributed by atoms with Crippen molar-refractivity contribution in [1.29, 1.82) is 0 Å². The van der Waals surface area contributed by atoms with Crippen LogP contribution in [0.25, 0.3) is 22.6 Å². The molecule has 0 amide bonds. The van der Waals surface area contributed by atoms with E-state index >= 15 is 0 Å². The molecule has 0 aliphatic carbocycles. The highest BCUT2D eigenvalue weighted by Gasteiger charge is 2.07. The van der Waals surface area contributed by atoms with Crippen molar-refractivity contribution in [2.45, 2.75) is 13.8 Å². The maximum atomic E-state index is 6.03. The number of hydrogen-bond acceptors (Lipinski definition) is 3. The second-order valence-electron chi connectivity index (χ2n) is 5.97. The molecule has 0 unspecified atom stereocenters. The summed E-state index contributed by atoms with van der Waals surface area (Å²) >= 11 is 0. The van der Waals surface area contributed by atoms with Crippen LogP contribution in [0.15, 0.2) is 89.4 Å². The Kier molecular flexibility index (Phi) is 6.53. The maximum Gasteiger partial charge on any atom is 0.134 e. The number of rotatable bonds is 8. The number of allylic oxidation sites excluding steroid dienone is 2. The first-order valence-electron chi connectivity index (χ1n) is 9.09. The number of ether oxygens (including phenoxy) is 2. The van der Waals surface area contributed by atoms with E-state index in [0.29, 0.717) is 13.2 Å². The van der Waals surface area contributed by atoms with Crippen molar-refractivity contribution in [3.05, 3.63) is 85.0 Å². The number of furan rings is 1. The van der Waals surface area contributed by atoms with Crippen molar-refractivity contribution in [3.8, 4) is 34.1 Å². The van der Waals surface area contributed by atoms with E-state index in [-0.39, 0.29) is 0 Å². The van der Waals surface area contributed by atoms with Gasteiger partial charge in [-0.05, 0) is 74.5 Å². The molecule has 0 fully saturated rings. The molecule has 2 aromatic carbocycles. The van der Waals surface area contributed by atoms with Gasteiger partial charge in [-0.1, -0.05) is 24.3 Å². The van der Waals surface area contributed by atoms with Gasteiger partial charge in [-0.25, -0.2) is 0 Å². The summed E-state index contributed by atoms with van der Waals surface area (Å²) in [6.07, 6.45) is 7.90. The Bertz CT molecular complexity index is 810. The fourth-order valence-electron chi connectivity index (χ4n) is 2.56. The lowest BCUT2D eigenvalue weighted by Crippen LogP contribution is -1.92. The van der Waals surface area contributed by atoms with Gasteiger partial charge in [-0.2, -0.15) is 0 Å². The van der Waals surface area contributed by atoms with E-state index in [4.69, 9.17) is 13.9 Å². The van der Waals surface area contributed by atoms with Gasteiger partial charge >= 0.3 is 0 Å². The van der Waals surface area contributed by atoms with Gasteiger partial charge in [0.25, 0.3) is 0 Å². The van der Waals surface area contributed by atoms with Crippen molar-refractivity contribution < 1.29 is 13.9 Å². The van der Waals surface area contributed by atoms with Gasteiger partial charge in [0.15, 0.2) is 0 Å². The average molecular weight is 360 g/mol. The lowest BCUT2D eigenvalue weighted by atomic mass is 10.1. The van der Waals surface area contributed by atoms with E-state index in [1.165, 1.54) is 0 Å². The molecular formula is C24H24O3. The molecule has 0 radical (unpaired) electrons. The second kappa shape index (κ2) is 9.48. The summed E-state index contributed by atoms with van der Waals surface area (Å²) in [7, 11) is 0. The largest absolute Gasteiger partial charge is 0.490 e. The first kappa shape index (κ1) is 18.6. The van der Waals surface area contributed by atoms with Crippen LogP contribution in [0, 0.1) is 0 Å². The molecule has 0 saturated carbocycles. The molecule has 0 atom stereocenters. The lowest BCUT2D eigenvalue weighted by Gasteiger charge is -2.05. The highest BCUT2D eigenvalue weighted by Crippen LogP contribution is 2.30. The van der Waals surface area contributed by atoms with Crippen LogP contribution in [0.3, 0.4) is 0 Å². The Morgan fingerprint density at radius 3 is 1.41 bits per heavy atom. The molecule has 0 aliphatic heterocycles. The zero-order valence-electron chi connectivity index (χ0n) is 15.7. The summed E-state index contributed by atoms with van der Waals surface area (Å²) in [5.41, 5.74) is 2.04. The third-order valence-corrected chi connectivity index (χ3v) is 4.05. The summed E-state index contributed by atoms with van der Waals surface area (Å²) in [5, 5.41) is 0. The normalized spacial score (nSPS) is 11.3. The lowest BCUT2D eigenvalue weighted by molar-refractivity contribution is 0.362. The Hall–Kier alpha value is -3.20. The topological polar surface area (TPSA) is 31.6 Å². The Morgan fingerprint density at radius 1 is 0.630 bits per heavy atom. The second-order valence-corrected chi connectivity index (χ2v) is 5.97. The van der Waals surface area contributed by atoms with Crippen LogP contribution >= 0.6 is 0 Å². The third-order valence-electron chi connectivity index (χ3n) is 4.05. The first-order valence-corrected chi connectivity index (χ1v) is 9.09. The van der Waals surface area contributed by atoms with Crippen molar-refractivity contribution in [1.82, 2.24) is 0 Å². The molecule has 3 rings (SSSR count). The monoisotopic (exact) mass is 360 g/mol. The molecule has 0 spiro atoms. The third kappa shape index (κ3) is 5.14. The minimum absolute atomic E-state index is 0.579. The van der Waals surface area contributed by atoms with Crippen LogP contribution in [-0.4, -0.2) is 13.2 Å². The van der Waals surface area contributed by atoms with Crippen LogP contribution in [0.2, 0.25) is 0 Å². The van der Waals surface area contributed by atoms with Crippen molar-refractivity contribution in [2.75, 3.05) is 13.2 Å². The molecule has 0 saturated heterocycles. The molecule has 3 nitrogen and oxygen atoms in total. The fourth-order valence-corrected chi connectivity index (χ4v) is 2.56. The molecule has 3 heteroatoms. The smallest absolute Gasteiger partial charge is 0.134 e. The average Bonchev–Trinajstić information content (AvgIpc) is 3.20. The summed E-state index contributed by atoms with van der Waals surface area (Å²) in [6, 6.07) is 19.8. The number of hydrogen-bond donors (Lipinski definition) is 0. The van der Waals surface area contributed by atoms with Crippen LogP contribution < -0.4 is 9.47 Å². The van der Waals surface area contributed by atoms with Gasteiger partial charge in [0.05, 0.1) is 0 Å². The molecule has 138 valence electrons. The summed E-state index contributed by atoms with van der Waals surface area (Å²) < 4.78 is 17.3. The molecule has 1 aromatic heterocycles. The SMILES string of the molecule is CC=CCOc1ccc(-c2ccc(-c3ccc(OCC=CC)cc3)o2)cc1. The summed E-state index contributed by atoms with van der Waals surface area (Å²) in [5.74, 6) is 3.35. The Balaban J connectivity index is 1.67. The van der Waals surface area contributed by atoms with Crippen molar-refractivity contribution >= 4 is 0 Å².